The summed E-state index contributed by atoms with van der Waals surface area (Å²) >= 11 is 0. The van der Waals surface area contributed by atoms with E-state index >= 15 is 0 Å². The van der Waals surface area contributed by atoms with Crippen molar-refractivity contribution in [3.63, 3.8) is 0 Å². The molecular weight excluding hydrogens is 232 g/mol. The molecule has 0 amide bonds. The van der Waals surface area contributed by atoms with E-state index in [1.165, 1.54) is 0 Å². The van der Waals surface area contributed by atoms with Crippen LogP contribution in [-0.2, 0) is 14.3 Å². The van der Waals surface area contributed by atoms with E-state index in [-0.39, 0.29) is 5.97 Å². The van der Waals surface area contributed by atoms with Crippen LogP contribution in [0.4, 0.5) is 0 Å². The molecule has 0 aliphatic heterocycles. The molecule has 0 radical (unpaired) electrons. The van der Waals surface area contributed by atoms with Gasteiger partial charge in [0.05, 0.1) is 17.9 Å². The molecule has 0 heterocycles. The molecule has 1 aliphatic rings. The summed E-state index contributed by atoms with van der Waals surface area (Å²) in [6, 6.07) is 0. The number of carbonyl (C=O) groups is 2. The lowest BCUT2D eigenvalue weighted by Gasteiger charge is -2.36. The van der Waals surface area contributed by atoms with Crippen molar-refractivity contribution in [3.05, 3.63) is 0 Å². The predicted molar refractivity (Wildman–Crippen MR) is 68.1 cm³/mol. The monoisotopic (exact) mass is 256 g/mol. The van der Waals surface area contributed by atoms with Gasteiger partial charge in [0.2, 0.25) is 0 Å². The number of aliphatic carboxylic acids is 1. The van der Waals surface area contributed by atoms with Crippen LogP contribution >= 0.6 is 0 Å². The van der Waals surface area contributed by atoms with Crippen molar-refractivity contribution in [1.82, 2.24) is 0 Å². The molecular formula is C14H24O4. The van der Waals surface area contributed by atoms with Gasteiger partial charge in [0.15, 0.2) is 0 Å². The molecule has 0 aromatic heterocycles. The predicted octanol–water partition coefficient (Wildman–Crippen LogP) is 2.86. The number of rotatable bonds is 5. The highest BCUT2D eigenvalue weighted by atomic mass is 16.5. The first-order valence-corrected chi connectivity index (χ1v) is 6.81. The largest absolute Gasteiger partial charge is 0.481 e. The van der Waals surface area contributed by atoms with Crippen LogP contribution in [0.15, 0.2) is 0 Å². The average Bonchev–Trinajstić information content (AvgIpc) is 2.35. The Morgan fingerprint density at radius 1 is 1.44 bits per heavy atom. The Bertz CT molecular complexity index is 313. The SMILES string of the molecule is CCC(C)COC(=O)[C@]1(C)CCCC[C@H]1C(=O)O. The first-order valence-electron chi connectivity index (χ1n) is 6.81. The summed E-state index contributed by atoms with van der Waals surface area (Å²) in [6.07, 6.45) is 3.92. The summed E-state index contributed by atoms with van der Waals surface area (Å²) in [4.78, 5) is 23.4. The molecule has 1 unspecified atom stereocenters. The summed E-state index contributed by atoms with van der Waals surface area (Å²) in [5, 5.41) is 9.24. The van der Waals surface area contributed by atoms with E-state index in [2.05, 4.69) is 0 Å². The smallest absolute Gasteiger partial charge is 0.312 e. The Hall–Kier alpha value is -1.06. The maximum atomic E-state index is 12.2. The van der Waals surface area contributed by atoms with Crippen molar-refractivity contribution >= 4 is 11.9 Å². The molecule has 1 fully saturated rings. The van der Waals surface area contributed by atoms with Crippen molar-refractivity contribution in [2.45, 2.75) is 52.9 Å². The zero-order valence-corrected chi connectivity index (χ0v) is 11.6. The van der Waals surface area contributed by atoms with Crippen LogP contribution in [0.1, 0.15) is 52.9 Å². The Kier molecular flexibility index (Phi) is 5.17. The van der Waals surface area contributed by atoms with Crippen molar-refractivity contribution < 1.29 is 19.4 Å². The quantitative estimate of drug-likeness (QED) is 0.768. The van der Waals surface area contributed by atoms with Crippen LogP contribution in [0.25, 0.3) is 0 Å². The number of ether oxygens (including phenoxy) is 1. The molecule has 4 heteroatoms. The van der Waals surface area contributed by atoms with E-state index in [1.807, 2.05) is 13.8 Å². The van der Waals surface area contributed by atoms with Gasteiger partial charge in [-0.05, 0) is 25.7 Å². The minimum absolute atomic E-state index is 0.324. The first-order chi connectivity index (χ1) is 8.41. The van der Waals surface area contributed by atoms with Crippen molar-refractivity contribution in [2.24, 2.45) is 17.3 Å². The lowest BCUT2D eigenvalue weighted by Crippen LogP contribution is -2.43. The topological polar surface area (TPSA) is 63.6 Å². The average molecular weight is 256 g/mol. The third-order valence-corrected chi connectivity index (χ3v) is 4.17. The minimum Gasteiger partial charge on any atom is -0.481 e. The molecule has 0 aromatic rings. The highest BCUT2D eigenvalue weighted by Gasteiger charge is 2.47. The van der Waals surface area contributed by atoms with Crippen LogP contribution in [0.2, 0.25) is 0 Å². The lowest BCUT2D eigenvalue weighted by molar-refractivity contribution is -0.170. The molecule has 0 spiro atoms. The number of hydrogen-bond donors (Lipinski definition) is 1. The molecule has 1 rings (SSSR count). The van der Waals surface area contributed by atoms with Gasteiger partial charge < -0.3 is 9.84 Å². The molecule has 0 aromatic carbocycles. The maximum Gasteiger partial charge on any atom is 0.312 e. The van der Waals surface area contributed by atoms with E-state index in [9.17, 15) is 14.7 Å². The fraction of sp³-hybridized carbons (Fsp3) is 0.857. The van der Waals surface area contributed by atoms with Crippen LogP contribution in [0.3, 0.4) is 0 Å². The fourth-order valence-corrected chi connectivity index (χ4v) is 2.47. The van der Waals surface area contributed by atoms with E-state index in [0.29, 0.717) is 25.4 Å². The number of carboxylic acids is 1. The van der Waals surface area contributed by atoms with Gasteiger partial charge in [-0.3, -0.25) is 9.59 Å². The number of hydrogen-bond acceptors (Lipinski definition) is 3. The second-order valence-electron chi connectivity index (χ2n) is 5.67. The summed E-state index contributed by atoms with van der Waals surface area (Å²) in [6.45, 7) is 6.19. The maximum absolute atomic E-state index is 12.2. The van der Waals surface area contributed by atoms with Gasteiger partial charge in [0.25, 0.3) is 0 Å². The first kappa shape index (κ1) is 15.0. The Morgan fingerprint density at radius 3 is 2.67 bits per heavy atom. The minimum atomic E-state index is -0.877. The molecule has 18 heavy (non-hydrogen) atoms. The molecule has 3 atom stereocenters. The van der Waals surface area contributed by atoms with Gasteiger partial charge in [0.1, 0.15) is 0 Å². The van der Waals surface area contributed by atoms with E-state index < -0.39 is 17.3 Å². The third kappa shape index (κ3) is 3.24. The van der Waals surface area contributed by atoms with Gasteiger partial charge >= 0.3 is 11.9 Å². The zero-order valence-electron chi connectivity index (χ0n) is 11.6. The van der Waals surface area contributed by atoms with Gasteiger partial charge in [-0.2, -0.15) is 0 Å². The highest BCUT2D eigenvalue weighted by Crippen LogP contribution is 2.42. The van der Waals surface area contributed by atoms with Gasteiger partial charge in [-0.25, -0.2) is 0 Å². The van der Waals surface area contributed by atoms with Crippen molar-refractivity contribution in [1.29, 1.82) is 0 Å². The second-order valence-corrected chi connectivity index (χ2v) is 5.67. The van der Waals surface area contributed by atoms with Gasteiger partial charge in [0, 0.05) is 0 Å². The molecule has 104 valence electrons. The number of carbonyl (C=O) groups excluding carboxylic acids is 1. The van der Waals surface area contributed by atoms with Crippen LogP contribution in [-0.4, -0.2) is 23.7 Å². The molecule has 4 nitrogen and oxygen atoms in total. The molecule has 0 bridgehead atoms. The van der Waals surface area contributed by atoms with Crippen molar-refractivity contribution in [2.75, 3.05) is 6.61 Å². The molecule has 1 aliphatic carbocycles. The molecule has 0 saturated heterocycles. The second kappa shape index (κ2) is 6.21. The van der Waals surface area contributed by atoms with Crippen LogP contribution in [0, 0.1) is 17.3 Å². The standard InChI is InChI=1S/C14H24O4/c1-4-10(2)9-18-13(17)14(3)8-6-5-7-11(14)12(15)16/h10-11H,4-9H2,1-3H3,(H,15,16)/t10?,11-,14+/m0/s1. The summed E-state index contributed by atoms with van der Waals surface area (Å²) < 4.78 is 5.32. The lowest BCUT2D eigenvalue weighted by atomic mass is 9.67. The Morgan fingerprint density at radius 2 is 2.11 bits per heavy atom. The Labute approximate surface area is 109 Å². The van der Waals surface area contributed by atoms with Crippen molar-refractivity contribution in [3.8, 4) is 0 Å². The highest BCUT2D eigenvalue weighted by molar-refractivity contribution is 5.84. The number of esters is 1. The molecule has 1 saturated carbocycles. The van der Waals surface area contributed by atoms with Crippen LogP contribution in [0.5, 0.6) is 0 Å². The summed E-state index contributed by atoms with van der Waals surface area (Å²) in [5.74, 6) is -1.49. The van der Waals surface area contributed by atoms with Gasteiger partial charge in [-0.15, -0.1) is 0 Å². The Balaban J connectivity index is 2.69. The zero-order chi connectivity index (χ0) is 13.8. The van der Waals surface area contributed by atoms with E-state index in [1.54, 1.807) is 6.92 Å². The third-order valence-electron chi connectivity index (χ3n) is 4.17. The van der Waals surface area contributed by atoms with E-state index in [4.69, 9.17) is 4.74 Å². The number of carboxylic acid groups (broad SMARTS) is 1. The van der Waals surface area contributed by atoms with Crippen LogP contribution < -0.4 is 0 Å². The van der Waals surface area contributed by atoms with E-state index in [0.717, 1.165) is 19.3 Å². The summed E-state index contributed by atoms with van der Waals surface area (Å²) in [5.41, 5.74) is -0.850. The molecule has 1 N–H and O–H groups in total. The fourth-order valence-electron chi connectivity index (χ4n) is 2.47. The summed E-state index contributed by atoms with van der Waals surface area (Å²) in [7, 11) is 0. The van der Waals surface area contributed by atoms with Gasteiger partial charge in [-0.1, -0.05) is 33.1 Å². The normalized spacial score (nSPS) is 29.6.